The third kappa shape index (κ3) is 3.70. The Morgan fingerprint density at radius 2 is 1.71 bits per heavy atom. The van der Waals surface area contributed by atoms with Crippen molar-refractivity contribution in [3.05, 3.63) is 71.8 Å². The molecule has 0 saturated carbocycles. The summed E-state index contributed by atoms with van der Waals surface area (Å²) in [6, 6.07) is 17.1. The van der Waals surface area contributed by atoms with Crippen LogP contribution in [0.25, 0.3) is 0 Å². The van der Waals surface area contributed by atoms with Gasteiger partial charge in [-0.2, -0.15) is 0 Å². The molecular formula is C21H21NO6. The van der Waals surface area contributed by atoms with Gasteiger partial charge in [-0.3, -0.25) is 9.59 Å². The Kier molecular flexibility index (Phi) is 5.50. The van der Waals surface area contributed by atoms with E-state index < -0.39 is 30.8 Å². The fourth-order valence-corrected chi connectivity index (χ4v) is 3.38. The molecule has 2 aliphatic heterocycles. The fourth-order valence-electron chi connectivity index (χ4n) is 3.38. The van der Waals surface area contributed by atoms with E-state index >= 15 is 0 Å². The number of Topliss-reactive ketones (excluding diaryl/α,β-unsaturated/α-hetero) is 1. The molecule has 2 fully saturated rings. The molecule has 0 bridgehead atoms. The molecule has 28 heavy (non-hydrogen) atoms. The van der Waals surface area contributed by atoms with Gasteiger partial charge < -0.3 is 24.3 Å². The Bertz CT molecular complexity index is 827. The summed E-state index contributed by atoms with van der Waals surface area (Å²) in [6.07, 6.45) is -3.03. The molecule has 2 aromatic carbocycles. The summed E-state index contributed by atoms with van der Waals surface area (Å²) < 4.78 is 22.8. The number of ether oxygens (including phenoxy) is 4. The number of benzene rings is 2. The molecule has 0 unspecified atom stereocenters. The molecule has 1 amide bonds. The highest BCUT2D eigenvalue weighted by Gasteiger charge is 2.50. The van der Waals surface area contributed by atoms with Gasteiger partial charge in [0.2, 0.25) is 0 Å². The van der Waals surface area contributed by atoms with Gasteiger partial charge in [0.05, 0.1) is 6.61 Å². The Balaban J connectivity index is 1.51. The maximum Gasteiger partial charge on any atom is 0.252 e. The molecule has 2 saturated heterocycles. The standard InChI is InChI=1S/C21H21NO6/c1-25-21-16(22-19(24)13-8-4-2-5-9-13)17(23)18-15(27-21)12-26-20(28-18)14-10-6-3-7-11-14/h2-11,15-16,18,20-21H,12H2,1H3,(H,22,24)/t15-,16+,18-,20-,21+/m0/s1. The van der Waals surface area contributed by atoms with Crippen molar-refractivity contribution in [2.24, 2.45) is 0 Å². The van der Waals surface area contributed by atoms with Crippen LogP contribution in [0.5, 0.6) is 0 Å². The van der Waals surface area contributed by atoms with E-state index in [1.54, 1.807) is 24.3 Å². The van der Waals surface area contributed by atoms with Crippen molar-refractivity contribution in [2.45, 2.75) is 30.8 Å². The van der Waals surface area contributed by atoms with E-state index in [0.717, 1.165) is 5.56 Å². The van der Waals surface area contributed by atoms with Gasteiger partial charge in [0, 0.05) is 18.2 Å². The number of rotatable bonds is 4. The first-order valence-corrected chi connectivity index (χ1v) is 9.07. The summed E-state index contributed by atoms with van der Waals surface area (Å²) in [5, 5.41) is 2.71. The molecule has 4 rings (SSSR count). The predicted octanol–water partition coefficient (Wildman–Crippen LogP) is 1.84. The SMILES string of the molecule is CO[C@@H]1O[C@H]2CO[C@H](c3ccccc3)O[C@@H]2C(=O)[C@H]1NC(=O)c1ccccc1. The molecule has 5 atom stereocenters. The molecule has 0 aliphatic carbocycles. The van der Waals surface area contributed by atoms with Crippen LogP contribution in [0.1, 0.15) is 22.2 Å². The molecule has 7 nitrogen and oxygen atoms in total. The van der Waals surface area contributed by atoms with Crippen molar-refractivity contribution in [1.82, 2.24) is 5.32 Å². The van der Waals surface area contributed by atoms with Crippen LogP contribution in [0.4, 0.5) is 0 Å². The van der Waals surface area contributed by atoms with Crippen LogP contribution in [0.15, 0.2) is 60.7 Å². The van der Waals surface area contributed by atoms with Gasteiger partial charge in [-0.05, 0) is 12.1 Å². The van der Waals surface area contributed by atoms with E-state index in [4.69, 9.17) is 18.9 Å². The molecule has 2 aromatic rings. The van der Waals surface area contributed by atoms with E-state index in [0.29, 0.717) is 5.56 Å². The lowest BCUT2D eigenvalue weighted by Gasteiger charge is -2.43. The zero-order chi connectivity index (χ0) is 19.5. The molecule has 0 spiro atoms. The van der Waals surface area contributed by atoms with Gasteiger partial charge in [-0.25, -0.2) is 0 Å². The number of hydrogen-bond donors (Lipinski definition) is 1. The highest BCUT2D eigenvalue weighted by molar-refractivity contribution is 5.99. The smallest absolute Gasteiger partial charge is 0.252 e. The Hall–Kier alpha value is -2.58. The highest BCUT2D eigenvalue weighted by atomic mass is 16.7. The maximum atomic E-state index is 13.1. The number of carbonyl (C=O) groups is 2. The zero-order valence-corrected chi connectivity index (χ0v) is 15.3. The van der Waals surface area contributed by atoms with Crippen molar-refractivity contribution in [1.29, 1.82) is 0 Å². The lowest BCUT2D eigenvalue weighted by molar-refractivity contribution is -0.302. The van der Waals surface area contributed by atoms with Gasteiger partial charge >= 0.3 is 0 Å². The Labute approximate surface area is 162 Å². The first-order valence-electron chi connectivity index (χ1n) is 9.07. The summed E-state index contributed by atoms with van der Waals surface area (Å²) in [5.41, 5.74) is 1.26. The first-order chi connectivity index (χ1) is 13.7. The van der Waals surface area contributed by atoms with Crippen molar-refractivity contribution >= 4 is 11.7 Å². The molecule has 0 aromatic heterocycles. The molecule has 7 heteroatoms. The summed E-state index contributed by atoms with van der Waals surface area (Å²) in [7, 11) is 1.43. The number of ketones is 1. The average molecular weight is 383 g/mol. The van der Waals surface area contributed by atoms with E-state index in [-0.39, 0.29) is 18.3 Å². The summed E-state index contributed by atoms with van der Waals surface area (Å²) in [4.78, 5) is 25.6. The van der Waals surface area contributed by atoms with Crippen LogP contribution >= 0.6 is 0 Å². The van der Waals surface area contributed by atoms with Crippen molar-refractivity contribution in [2.75, 3.05) is 13.7 Å². The second kappa shape index (κ2) is 8.20. The van der Waals surface area contributed by atoms with Crippen molar-refractivity contribution in [3.63, 3.8) is 0 Å². The Morgan fingerprint density at radius 1 is 1.04 bits per heavy atom. The summed E-state index contributed by atoms with van der Waals surface area (Å²) in [5.74, 6) is -0.675. The minimum absolute atomic E-state index is 0.190. The minimum Gasteiger partial charge on any atom is -0.353 e. The second-order valence-electron chi connectivity index (χ2n) is 6.63. The minimum atomic E-state index is -0.978. The number of methoxy groups -OCH3 is 1. The quantitative estimate of drug-likeness (QED) is 0.868. The van der Waals surface area contributed by atoms with E-state index in [2.05, 4.69) is 5.32 Å². The van der Waals surface area contributed by atoms with Crippen LogP contribution < -0.4 is 5.32 Å². The maximum absolute atomic E-state index is 13.1. The lowest BCUT2D eigenvalue weighted by Crippen LogP contribution is -2.64. The second-order valence-corrected chi connectivity index (χ2v) is 6.63. The number of carbonyl (C=O) groups excluding carboxylic acids is 2. The van der Waals surface area contributed by atoms with Gasteiger partial charge in [0.1, 0.15) is 18.2 Å². The summed E-state index contributed by atoms with van der Waals surface area (Å²) >= 11 is 0. The van der Waals surface area contributed by atoms with Crippen molar-refractivity contribution in [3.8, 4) is 0 Å². The molecule has 2 aliphatic rings. The normalized spacial score (nSPS) is 29.8. The topological polar surface area (TPSA) is 83.1 Å². The van der Waals surface area contributed by atoms with Crippen LogP contribution in [0.3, 0.4) is 0 Å². The third-order valence-corrected chi connectivity index (χ3v) is 4.81. The number of amides is 1. The molecular weight excluding hydrogens is 362 g/mol. The average Bonchev–Trinajstić information content (AvgIpc) is 2.76. The molecule has 1 N–H and O–H groups in total. The van der Waals surface area contributed by atoms with Crippen LogP contribution in [-0.4, -0.2) is 49.9 Å². The van der Waals surface area contributed by atoms with Gasteiger partial charge in [0.15, 0.2) is 18.4 Å². The largest absolute Gasteiger partial charge is 0.353 e. The summed E-state index contributed by atoms with van der Waals surface area (Å²) in [6.45, 7) is 0.190. The Morgan fingerprint density at radius 3 is 2.39 bits per heavy atom. The molecule has 2 heterocycles. The van der Waals surface area contributed by atoms with Crippen LogP contribution in [0.2, 0.25) is 0 Å². The van der Waals surface area contributed by atoms with E-state index in [9.17, 15) is 9.59 Å². The van der Waals surface area contributed by atoms with Crippen LogP contribution in [-0.2, 0) is 23.7 Å². The highest BCUT2D eigenvalue weighted by Crippen LogP contribution is 2.32. The number of nitrogens with one attached hydrogen (secondary N) is 1. The van der Waals surface area contributed by atoms with Gasteiger partial charge in [0.25, 0.3) is 5.91 Å². The van der Waals surface area contributed by atoms with Gasteiger partial charge in [-0.15, -0.1) is 0 Å². The monoisotopic (exact) mass is 383 g/mol. The predicted molar refractivity (Wildman–Crippen MR) is 98.4 cm³/mol. The number of fused-ring (bicyclic) bond motifs is 1. The number of hydrogen-bond acceptors (Lipinski definition) is 6. The molecule has 146 valence electrons. The third-order valence-electron chi connectivity index (χ3n) is 4.81. The van der Waals surface area contributed by atoms with E-state index in [1.165, 1.54) is 7.11 Å². The van der Waals surface area contributed by atoms with Crippen LogP contribution in [0, 0.1) is 0 Å². The fraction of sp³-hybridized carbons (Fsp3) is 0.333. The van der Waals surface area contributed by atoms with E-state index in [1.807, 2.05) is 36.4 Å². The van der Waals surface area contributed by atoms with Gasteiger partial charge in [-0.1, -0.05) is 48.5 Å². The zero-order valence-electron chi connectivity index (χ0n) is 15.3. The van der Waals surface area contributed by atoms with Crippen molar-refractivity contribution < 1.29 is 28.5 Å². The lowest BCUT2D eigenvalue weighted by atomic mass is 9.97. The first kappa shape index (κ1) is 18.8. The molecule has 0 radical (unpaired) electrons.